The number of pyridine rings is 1. The molecule has 1 fully saturated rings. The van der Waals surface area contributed by atoms with Crippen LogP contribution in [0.4, 0.5) is 0 Å². The summed E-state index contributed by atoms with van der Waals surface area (Å²) in [6.45, 7) is 1.99. The van der Waals surface area contributed by atoms with Crippen LogP contribution in [0.3, 0.4) is 0 Å². The lowest BCUT2D eigenvalue weighted by Gasteiger charge is -2.15. The number of nitrogens with zero attached hydrogens (tertiary/aromatic N) is 1. The quantitative estimate of drug-likeness (QED) is 0.827. The van der Waals surface area contributed by atoms with Crippen molar-refractivity contribution < 1.29 is 9.47 Å². The minimum atomic E-state index is 0.625. The van der Waals surface area contributed by atoms with Crippen LogP contribution in [0.5, 0.6) is 11.5 Å². The van der Waals surface area contributed by atoms with Gasteiger partial charge in [0.2, 0.25) is 0 Å². The number of fused-ring (bicyclic) bond motifs is 1. The van der Waals surface area contributed by atoms with Crippen LogP contribution in [-0.2, 0) is 0 Å². The molecule has 18 heavy (non-hydrogen) atoms. The van der Waals surface area contributed by atoms with Crippen LogP contribution in [0, 0.1) is 6.92 Å². The number of ether oxygens (including phenoxy) is 2. The predicted octanol–water partition coefficient (Wildman–Crippen LogP) is 3.44. The molecule has 0 bridgehead atoms. The highest BCUT2D eigenvalue weighted by molar-refractivity contribution is 5.89. The third-order valence-electron chi connectivity index (χ3n) is 3.49. The van der Waals surface area contributed by atoms with Crippen LogP contribution < -0.4 is 9.47 Å². The highest BCUT2D eigenvalue weighted by Crippen LogP contribution is 2.49. The Kier molecular flexibility index (Phi) is 2.62. The lowest BCUT2D eigenvalue weighted by Crippen LogP contribution is -1.98. The van der Waals surface area contributed by atoms with Crippen molar-refractivity contribution in [2.45, 2.75) is 25.7 Å². The molecule has 0 amide bonds. The molecule has 0 saturated heterocycles. The number of hydrogen-bond donors (Lipinski definition) is 0. The number of hydrogen-bond acceptors (Lipinski definition) is 3. The first kappa shape index (κ1) is 11.3. The van der Waals surface area contributed by atoms with Crippen LogP contribution in [0.2, 0.25) is 0 Å². The van der Waals surface area contributed by atoms with Crippen LogP contribution in [-0.4, -0.2) is 19.2 Å². The van der Waals surface area contributed by atoms with Crippen LogP contribution >= 0.6 is 0 Å². The van der Waals surface area contributed by atoms with Gasteiger partial charge in [-0.1, -0.05) is 6.07 Å². The van der Waals surface area contributed by atoms with Crippen molar-refractivity contribution in [1.29, 1.82) is 0 Å². The Hall–Kier alpha value is -1.77. The van der Waals surface area contributed by atoms with E-state index in [9.17, 15) is 0 Å². The summed E-state index contributed by atoms with van der Waals surface area (Å²) in [6, 6.07) is 6.33. The monoisotopic (exact) mass is 243 g/mol. The summed E-state index contributed by atoms with van der Waals surface area (Å²) < 4.78 is 11.1. The lowest BCUT2D eigenvalue weighted by molar-refractivity contribution is 0.354. The SMILES string of the molecule is COc1c(C2CC2)cc2ccc(C)nc2c1OC. The first-order chi connectivity index (χ1) is 8.74. The molecule has 1 saturated carbocycles. The van der Waals surface area contributed by atoms with Crippen molar-refractivity contribution in [3.63, 3.8) is 0 Å². The van der Waals surface area contributed by atoms with Gasteiger partial charge in [-0.05, 0) is 37.8 Å². The Morgan fingerprint density at radius 2 is 1.83 bits per heavy atom. The molecule has 1 aliphatic carbocycles. The summed E-state index contributed by atoms with van der Waals surface area (Å²) in [7, 11) is 3.38. The number of benzene rings is 1. The third-order valence-corrected chi connectivity index (χ3v) is 3.49. The average molecular weight is 243 g/mol. The second-order valence-electron chi connectivity index (χ2n) is 4.83. The molecule has 0 spiro atoms. The largest absolute Gasteiger partial charge is 0.492 e. The fraction of sp³-hybridized carbons (Fsp3) is 0.400. The smallest absolute Gasteiger partial charge is 0.187 e. The lowest BCUT2D eigenvalue weighted by atomic mass is 10.0. The zero-order valence-corrected chi connectivity index (χ0v) is 11.0. The molecule has 3 heteroatoms. The van der Waals surface area contributed by atoms with E-state index in [1.807, 2.05) is 13.0 Å². The van der Waals surface area contributed by atoms with E-state index in [1.54, 1.807) is 14.2 Å². The van der Waals surface area contributed by atoms with Crippen molar-refractivity contribution in [1.82, 2.24) is 4.98 Å². The second kappa shape index (κ2) is 4.16. The van der Waals surface area contributed by atoms with Gasteiger partial charge in [-0.2, -0.15) is 0 Å². The van der Waals surface area contributed by atoms with Crippen LogP contribution in [0.1, 0.15) is 30.0 Å². The normalized spacial score (nSPS) is 14.8. The van der Waals surface area contributed by atoms with E-state index in [4.69, 9.17) is 9.47 Å². The second-order valence-corrected chi connectivity index (χ2v) is 4.83. The topological polar surface area (TPSA) is 31.4 Å². The van der Waals surface area contributed by atoms with E-state index in [1.165, 1.54) is 18.4 Å². The molecular weight excluding hydrogens is 226 g/mol. The van der Waals surface area contributed by atoms with Gasteiger partial charge in [0.1, 0.15) is 5.52 Å². The van der Waals surface area contributed by atoms with Crippen LogP contribution in [0.15, 0.2) is 18.2 Å². The average Bonchev–Trinajstić information content (AvgIpc) is 3.20. The Balaban J connectivity index is 2.33. The Bertz CT molecular complexity index is 603. The van der Waals surface area contributed by atoms with E-state index in [0.29, 0.717) is 5.92 Å². The molecule has 94 valence electrons. The molecule has 1 aromatic carbocycles. The zero-order valence-electron chi connectivity index (χ0n) is 11.0. The molecule has 3 rings (SSSR count). The Morgan fingerprint density at radius 1 is 1.11 bits per heavy atom. The van der Waals surface area contributed by atoms with Gasteiger partial charge in [0, 0.05) is 16.6 Å². The molecule has 0 unspecified atom stereocenters. The summed E-state index contributed by atoms with van der Waals surface area (Å²) in [6.07, 6.45) is 2.48. The minimum absolute atomic E-state index is 0.625. The number of rotatable bonds is 3. The van der Waals surface area contributed by atoms with Gasteiger partial charge in [0.25, 0.3) is 0 Å². The number of aromatic nitrogens is 1. The number of aryl methyl sites for hydroxylation is 1. The highest BCUT2D eigenvalue weighted by Gasteiger charge is 2.29. The predicted molar refractivity (Wildman–Crippen MR) is 71.6 cm³/mol. The van der Waals surface area contributed by atoms with Crippen LogP contribution in [0.25, 0.3) is 10.9 Å². The number of methoxy groups -OCH3 is 2. The molecule has 0 N–H and O–H groups in total. The fourth-order valence-electron chi connectivity index (χ4n) is 2.44. The fourth-order valence-corrected chi connectivity index (χ4v) is 2.44. The molecule has 3 nitrogen and oxygen atoms in total. The maximum atomic E-state index is 5.55. The van der Waals surface area contributed by atoms with Crippen molar-refractivity contribution in [3.05, 3.63) is 29.5 Å². The molecule has 2 aromatic rings. The highest BCUT2D eigenvalue weighted by atomic mass is 16.5. The maximum Gasteiger partial charge on any atom is 0.187 e. The minimum Gasteiger partial charge on any atom is -0.492 e. The van der Waals surface area contributed by atoms with E-state index < -0.39 is 0 Å². The molecule has 1 heterocycles. The summed E-state index contributed by atoms with van der Waals surface area (Å²) in [5.41, 5.74) is 3.13. The first-order valence-electron chi connectivity index (χ1n) is 6.27. The molecule has 1 aromatic heterocycles. The first-order valence-corrected chi connectivity index (χ1v) is 6.27. The third kappa shape index (κ3) is 1.70. The molecule has 0 atom stereocenters. The standard InChI is InChI=1S/C15H17NO2/c1-9-4-5-11-8-12(10-6-7-10)14(17-2)15(18-3)13(11)16-9/h4-5,8,10H,6-7H2,1-3H3. The van der Waals surface area contributed by atoms with Gasteiger partial charge < -0.3 is 9.47 Å². The van der Waals surface area contributed by atoms with Crippen molar-refractivity contribution >= 4 is 10.9 Å². The summed E-state index contributed by atoms with van der Waals surface area (Å²) >= 11 is 0. The van der Waals surface area contributed by atoms with Crippen molar-refractivity contribution in [2.75, 3.05) is 14.2 Å². The van der Waals surface area contributed by atoms with E-state index >= 15 is 0 Å². The van der Waals surface area contributed by atoms with Crippen molar-refractivity contribution in [2.24, 2.45) is 0 Å². The van der Waals surface area contributed by atoms with Gasteiger partial charge in [-0.25, -0.2) is 4.98 Å². The summed E-state index contributed by atoms with van der Waals surface area (Å²) in [5, 5.41) is 1.13. The Morgan fingerprint density at radius 3 is 2.44 bits per heavy atom. The van der Waals surface area contributed by atoms with Gasteiger partial charge in [0.15, 0.2) is 11.5 Å². The van der Waals surface area contributed by atoms with Gasteiger partial charge in [-0.15, -0.1) is 0 Å². The van der Waals surface area contributed by atoms with Crippen molar-refractivity contribution in [3.8, 4) is 11.5 Å². The molecule has 1 aliphatic rings. The van der Waals surface area contributed by atoms with Gasteiger partial charge in [0.05, 0.1) is 14.2 Å². The van der Waals surface area contributed by atoms with E-state index in [-0.39, 0.29) is 0 Å². The van der Waals surface area contributed by atoms with E-state index in [0.717, 1.165) is 28.1 Å². The van der Waals surface area contributed by atoms with Gasteiger partial charge in [-0.3, -0.25) is 0 Å². The van der Waals surface area contributed by atoms with Gasteiger partial charge >= 0.3 is 0 Å². The molecule has 0 aliphatic heterocycles. The summed E-state index contributed by atoms with van der Waals surface area (Å²) in [5.74, 6) is 2.24. The molecule has 0 radical (unpaired) electrons. The Labute approximate surface area is 107 Å². The molecular formula is C15H17NO2. The summed E-state index contributed by atoms with van der Waals surface area (Å²) in [4.78, 5) is 4.57. The zero-order chi connectivity index (χ0) is 12.7. The van der Waals surface area contributed by atoms with E-state index in [2.05, 4.69) is 17.1 Å². The maximum absolute atomic E-state index is 5.55.